The molecule has 0 fully saturated rings. The summed E-state index contributed by atoms with van der Waals surface area (Å²) in [5, 5.41) is 0. The average molecular weight is 241 g/mol. The molecule has 0 radical (unpaired) electrons. The quantitative estimate of drug-likeness (QED) is 0.668. The van der Waals surface area contributed by atoms with Gasteiger partial charge in [0.15, 0.2) is 0 Å². The second-order valence-electron chi connectivity index (χ2n) is 1.87. The predicted octanol–water partition coefficient (Wildman–Crippen LogP) is -0.0801. The highest BCUT2D eigenvalue weighted by Gasteiger charge is 2.33. The molecule has 6 nitrogen and oxygen atoms in total. The normalized spacial score (nSPS) is 12.7. The van der Waals surface area contributed by atoms with E-state index in [1.807, 2.05) is 0 Å². The lowest BCUT2D eigenvalue weighted by molar-refractivity contribution is 0.453. The first-order valence-corrected chi connectivity index (χ1v) is 5.63. The Labute approximate surface area is 76.9 Å². The van der Waals surface area contributed by atoms with Crippen LogP contribution in [0, 0.1) is 0 Å². The van der Waals surface area contributed by atoms with Crippen LogP contribution in [0.3, 0.4) is 0 Å². The fourth-order valence-electron chi connectivity index (χ4n) is 0.575. The Morgan fingerprint density at radius 3 is 1.33 bits per heavy atom. The first-order chi connectivity index (χ1) is 4.69. The number of halogens is 1. The summed E-state index contributed by atoms with van der Waals surface area (Å²) in [5.41, 5.74) is 0. The Morgan fingerprint density at radius 2 is 1.33 bits per heavy atom. The summed E-state index contributed by atoms with van der Waals surface area (Å²) in [5.74, 6) is 0. The number of rotatable bonds is 3. The maximum Gasteiger partial charge on any atom is 0.284 e. The van der Waals surface area contributed by atoms with Crippen molar-refractivity contribution >= 4 is 32.6 Å². The molecule has 0 aromatic rings. The summed E-state index contributed by atoms with van der Waals surface area (Å²) < 4.78 is 55.3. The smallest absolute Gasteiger partial charge is 0.284 e. The van der Waals surface area contributed by atoms with Crippen LogP contribution in [0.2, 0.25) is 0 Å². The molecule has 0 rings (SSSR count). The third-order valence-electron chi connectivity index (χ3n) is 0.998. The van der Waals surface area contributed by atoms with Gasteiger partial charge in [-0.1, -0.05) is 6.92 Å². The van der Waals surface area contributed by atoms with Crippen molar-refractivity contribution in [1.82, 2.24) is 0 Å². The highest BCUT2D eigenvalue weighted by molar-refractivity contribution is 8.03. The van der Waals surface area contributed by atoms with Crippen molar-refractivity contribution in [1.29, 1.82) is 0 Å². The van der Waals surface area contributed by atoms with Crippen LogP contribution in [-0.2, 0) is 20.2 Å². The van der Waals surface area contributed by atoms with Gasteiger partial charge in [0.1, 0.15) is 0 Å². The highest BCUT2D eigenvalue weighted by atomic mass is 35.5. The Bertz CT molecular complexity index is 283. The molecule has 0 atom stereocenters. The summed E-state index contributed by atoms with van der Waals surface area (Å²) >= 11 is 0. The second-order valence-corrected chi connectivity index (χ2v) is 5.36. The van der Waals surface area contributed by atoms with Gasteiger partial charge in [0, 0.05) is 0 Å². The zero-order chi connectivity index (χ0) is 9.28. The molecule has 76 valence electrons. The highest BCUT2D eigenvalue weighted by Crippen LogP contribution is 2.09. The van der Waals surface area contributed by atoms with Gasteiger partial charge in [-0.25, -0.2) is 0 Å². The van der Waals surface area contributed by atoms with Crippen LogP contribution in [0.4, 0.5) is 0 Å². The van der Waals surface area contributed by atoms with Gasteiger partial charge in [-0.2, -0.15) is 16.8 Å². The zero-order valence-electron chi connectivity index (χ0n) is 6.04. The largest absolute Gasteiger partial charge is 0.284 e. The van der Waals surface area contributed by atoms with Gasteiger partial charge in [-0.3, -0.25) is 9.11 Å². The minimum Gasteiger partial charge on any atom is -0.284 e. The SMILES string of the molecule is CCC(S(=O)(=O)O)S(=O)(=O)O.Cl. The van der Waals surface area contributed by atoms with E-state index < -0.39 is 31.2 Å². The van der Waals surface area contributed by atoms with Crippen LogP contribution in [0.25, 0.3) is 0 Å². The minimum absolute atomic E-state index is 0. The summed E-state index contributed by atoms with van der Waals surface area (Å²) in [6.07, 6.45) is -0.391. The van der Waals surface area contributed by atoms with Crippen molar-refractivity contribution in [3.05, 3.63) is 0 Å². The lowest BCUT2D eigenvalue weighted by atomic mass is 10.6. The molecule has 0 aromatic carbocycles. The Morgan fingerprint density at radius 1 is 1.08 bits per heavy atom. The maximum absolute atomic E-state index is 10.2. The van der Waals surface area contributed by atoms with Crippen molar-refractivity contribution in [2.45, 2.75) is 17.9 Å². The summed E-state index contributed by atoms with van der Waals surface area (Å²) in [7, 11) is -9.42. The molecule has 0 heterocycles. The molecule has 0 aliphatic heterocycles. The van der Waals surface area contributed by atoms with Gasteiger partial charge in [0.25, 0.3) is 20.2 Å². The van der Waals surface area contributed by atoms with E-state index in [1.54, 1.807) is 0 Å². The maximum atomic E-state index is 10.2. The minimum atomic E-state index is -4.71. The molecule has 0 aliphatic rings. The molecule has 0 saturated carbocycles. The lowest BCUT2D eigenvalue weighted by Crippen LogP contribution is -2.28. The van der Waals surface area contributed by atoms with E-state index in [0.29, 0.717) is 0 Å². The van der Waals surface area contributed by atoms with Crippen LogP contribution in [0.5, 0.6) is 0 Å². The number of hydrogen-bond donors (Lipinski definition) is 2. The van der Waals surface area contributed by atoms with Gasteiger partial charge < -0.3 is 0 Å². The van der Waals surface area contributed by atoms with Gasteiger partial charge in [0.05, 0.1) is 0 Å². The predicted molar refractivity (Wildman–Crippen MR) is 44.4 cm³/mol. The van der Waals surface area contributed by atoms with Crippen molar-refractivity contribution in [3.63, 3.8) is 0 Å². The Kier molecular flexibility index (Phi) is 5.33. The molecule has 0 aromatic heterocycles. The van der Waals surface area contributed by atoms with E-state index in [4.69, 9.17) is 9.11 Å². The molecule has 0 bridgehead atoms. The fourth-order valence-corrected chi connectivity index (χ4v) is 2.65. The standard InChI is InChI=1S/C3H8O6S2.ClH/c1-2-3(10(4,5)6)11(7,8)9;/h3H,2H2,1H3,(H,4,5,6)(H,7,8,9);1H. The Hall–Kier alpha value is 0.110. The molecule has 2 N–H and O–H groups in total. The average Bonchev–Trinajstić information content (AvgIpc) is 1.56. The summed E-state index contributed by atoms with van der Waals surface area (Å²) in [6.45, 7) is 1.21. The van der Waals surface area contributed by atoms with E-state index in [2.05, 4.69) is 0 Å². The first-order valence-electron chi connectivity index (χ1n) is 2.62. The van der Waals surface area contributed by atoms with Crippen LogP contribution >= 0.6 is 12.4 Å². The summed E-state index contributed by atoms with van der Waals surface area (Å²) in [6, 6.07) is 0. The molecule has 0 spiro atoms. The monoisotopic (exact) mass is 240 g/mol. The van der Waals surface area contributed by atoms with Crippen molar-refractivity contribution in [2.75, 3.05) is 0 Å². The molecule has 0 saturated heterocycles. The third kappa shape index (κ3) is 4.21. The van der Waals surface area contributed by atoms with E-state index in [1.165, 1.54) is 6.92 Å². The fraction of sp³-hybridized carbons (Fsp3) is 1.00. The van der Waals surface area contributed by atoms with Crippen LogP contribution in [-0.4, -0.2) is 30.5 Å². The Balaban J connectivity index is 0. The second kappa shape index (κ2) is 4.38. The van der Waals surface area contributed by atoms with Crippen LogP contribution in [0.1, 0.15) is 13.3 Å². The van der Waals surface area contributed by atoms with Crippen LogP contribution in [0.15, 0.2) is 0 Å². The van der Waals surface area contributed by atoms with E-state index >= 15 is 0 Å². The third-order valence-corrected chi connectivity index (χ3v) is 4.45. The zero-order valence-corrected chi connectivity index (χ0v) is 8.49. The van der Waals surface area contributed by atoms with Gasteiger partial charge in [0.2, 0.25) is 4.58 Å². The molecule has 12 heavy (non-hydrogen) atoms. The van der Waals surface area contributed by atoms with Gasteiger partial charge in [-0.05, 0) is 6.42 Å². The van der Waals surface area contributed by atoms with Gasteiger partial charge in [-0.15, -0.1) is 12.4 Å². The first kappa shape index (κ1) is 14.6. The van der Waals surface area contributed by atoms with Crippen molar-refractivity contribution in [3.8, 4) is 0 Å². The molecular weight excluding hydrogens is 232 g/mol. The number of hydrogen-bond acceptors (Lipinski definition) is 4. The van der Waals surface area contributed by atoms with Gasteiger partial charge >= 0.3 is 0 Å². The van der Waals surface area contributed by atoms with E-state index in [0.717, 1.165) is 0 Å². The van der Waals surface area contributed by atoms with Crippen molar-refractivity contribution in [2.24, 2.45) is 0 Å². The lowest BCUT2D eigenvalue weighted by Gasteiger charge is -2.05. The summed E-state index contributed by atoms with van der Waals surface area (Å²) in [4.78, 5) is 0. The van der Waals surface area contributed by atoms with Crippen molar-refractivity contribution < 1.29 is 25.9 Å². The molecule has 0 amide bonds. The van der Waals surface area contributed by atoms with Crippen LogP contribution < -0.4 is 0 Å². The molecular formula is C3H9ClO6S2. The molecule has 0 aliphatic carbocycles. The van der Waals surface area contributed by atoms with E-state index in [-0.39, 0.29) is 12.4 Å². The molecule has 9 heteroatoms. The van der Waals surface area contributed by atoms with E-state index in [9.17, 15) is 16.8 Å². The topological polar surface area (TPSA) is 109 Å². The molecule has 0 unspecified atom stereocenters.